The van der Waals surface area contributed by atoms with Crippen LogP contribution in [0.4, 0.5) is 4.39 Å². The molecule has 3 rings (SSSR count). The van der Waals surface area contributed by atoms with E-state index in [1.54, 1.807) is 37.2 Å². The van der Waals surface area contributed by atoms with Gasteiger partial charge in [-0.05, 0) is 31.0 Å². The van der Waals surface area contributed by atoms with E-state index < -0.39 is 23.9 Å². The zero-order valence-electron chi connectivity index (χ0n) is 21.5. The lowest BCUT2D eigenvalue weighted by atomic mass is 9.99. The number of fused-ring (bicyclic) bond motifs is 1. The molecular formula is C28H34FN3O4. The van der Waals surface area contributed by atoms with E-state index >= 15 is 0 Å². The molecule has 2 amide bonds. The van der Waals surface area contributed by atoms with Crippen molar-refractivity contribution in [2.75, 3.05) is 26.7 Å². The molecule has 1 aliphatic heterocycles. The van der Waals surface area contributed by atoms with Gasteiger partial charge in [0.05, 0.1) is 24.8 Å². The minimum atomic E-state index is -0.590. The summed E-state index contributed by atoms with van der Waals surface area (Å²) in [5, 5.41) is 9.81. The molecule has 0 aliphatic carbocycles. The van der Waals surface area contributed by atoms with Crippen molar-refractivity contribution in [3.05, 3.63) is 59.0 Å². The van der Waals surface area contributed by atoms with Crippen LogP contribution < -0.4 is 4.74 Å². The third-order valence-corrected chi connectivity index (χ3v) is 6.17. The molecule has 2 aromatic rings. The molecule has 0 radical (unpaired) electrons. The van der Waals surface area contributed by atoms with E-state index in [0.29, 0.717) is 18.0 Å². The van der Waals surface area contributed by atoms with E-state index in [-0.39, 0.29) is 42.0 Å². The number of likely N-dealkylation sites (N-methyl/N-ethyl adjacent to an activating group) is 1. The quantitative estimate of drug-likeness (QED) is 0.619. The number of hydrogen-bond donors (Lipinski definition) is 1. The van der Waals surface area contributed by atoms with Crippen LogP contribution in [0.2, 0.25) is 0 Å². The van der Waals surface area contributed by atoms with Gasteiger partial charge in [-0.25, -0.2) is 9.37 Å². The van der Waals surface area contributed by atoms with Gasteiger partial charge < -0.3 is 19.6 Å². The number of rotatable bonds is 6. The highest BCUT2D eigenvalue weighted by Crippen LogP contribution is 2.27. The van der Waals surface area contributed by atoms with E-state index in [9.17, 15) is 19.1 Å². The SMILES string of the molecule is CC(C)CC#Cc1cnc2c(c1)C(=O)N([C@@H](C)CO)C[C@H](C)[C@@H](CN(C)C(=O)c1ccccc1F)O2. The van der Waals surface area contributed by atoms with Crippen LogP contribution in [0.1, 0.15) is 60.4 Å². The van der Waals surface area contributed by atoms with Crippen molar-refractivity contribution in [1.29, 1.82) is 0 Å². The average molecular weight is 496 g/mol. The van der Waals surface area contributed by atoms with Crippen molar-refractivity contribution in [1.82, 2.24) is 14.8 Å². The Labute approximate surface area is 212 Å². The van der Waals surface area contributed by atoms with Crippen molar-refractivity contribution >= 4 is 11.8 Å². The first-order valence-electron chi connectivity index (χ1n) is 12.2. The fraction of sp³-hybridized carbons (Fsp3) is 0.464. The molecule has 1 aromatic carbocycles. The van der Waals surface area contributed by atoms with Crippen LogP contribution in [0, 0.1) is 29.5 Å². The molecule has 0 spiro atoms. The molecule has 2 heterocycles. The topological polar surface area (TPSA) is 83.0 Å². The zero-order valence-corrected chi connectivity index (χ0v) is 21.5. The molecule has 7 nitrogen and oxygen atoms in total. The van der Waals surface area contributed by atoms with Crippen LogP contribution in [0.15, 0.2) is 36.5 Å². The monoisotopic (exact) mass is 495 g/mol. The number of hydrogen-bond acceptors (Lipinski definition) is 5. The summed E-state index contributed by atoms with van der Waals surface area (Å²) < 4.78 is 20.4. The molecule has 0 unspecified atom stereocenters. The first kappa shape index (κ1) is 27.2. The van der Waals surface area contributed by atoms with E-state index in [0.717, 1.165) is 6.42 Å². The summed E-state index contributed by atoms with van der Waals surface area (Å²) >= 11 is 0. The highest BCUT2D eigenvalue weighted by atomic mass is 19.1. The van der Waals surface area contributed by atoms with Crippen LogP contribution in [0.5, 0.6) is 5.88 Å². The maximum Gasteiger partial charge on any atom is 0.259 e. The number of benzene rings is 1. The van der Waals surface area contributed by atoms with Crippen LogP contribution in [0.3, 0.4) is 0 Å². The maximum atomic E-state index is 14.2. The molecule has 0 saturated heterocycles. The summed E-state index contributed by atoms with van der Waals surface area (Å²) in [6, 6.07) is 7.07. The van der Waals surface area contributed by atoms with Crippen LogP contribution in [-0.4, -0.2) is 70.6 Å². The normalized spacial score (nSPS) is 18.3. The average Bonchev–Trinajstić information content (AvgIpc) is 2.85. The number of aliphatic hydroxyl groups is 1. The number of aromatic nitrogens is 1. The lowest BCUT2D eigenvalue weighted by Crippen LogP contribution is -2.50. The molecule has 1 N–H and O–H groups in total. The van der Waals surface area contributed by atoms with Crippen molar-refractivity contribution in [3.8, 4) is 17.7 Å². The van der Waals surface area contributed by atoms with Gasteiger partial charge in [-0.1, -0.05) is 44.7 Å². The van der Waals surface area contributed by atoms with Gasteiger partial charge in [0.1, 0.15) is 17.5 Å². The Morgan fingerprint density at radius 3 is 2.72 bits per heavy atom. The van der Waals surface area contributed by atoms with E-state index in [1.807, 2.05) is 6.92 Å². The van der Waals surface area contributed by atoms with Gasteiger partial charge in [-0.15, -0.1) is 0 Å². The summed E-state index contributed by atoms with van der Waals surface area (Å²) in [5.74, 6) is 5.16. The first-order valence-corrected chi connectivity index (χ1v) is 12.2. The molecule has 0 bridgehead atoms. The van der Waals surface area contributed by atoms with E-state index in [1.165, 1.54) is 23.1 Å². The van der Waals surface area contributed by atoms with E-state index in [2.05, 4.69) is 30.7 Å². The highest BCUT2D eigenvalue weighted by molar-refractivity contribution is 5.97. The fourth-order valence-corrected chi connectivity index (χ4v) is 3.94. The molecule has 36 heavy (non-hydrogen) atoms. The largest absolute Gasteiger partial charge is 0.472 e. The standard InChI is InChI=1S/C28H34FN3O4/c1-18(2)9-8-10-21-13-23-26(30-14-21)36-25(19(3)15-32(28(23)35)20(4)17-33)16-31(5)27(34)22-11-6-7-12-24(22)29/h6-7,11-14,18-20,25,33H,9,15-17H2,1-5H3/t19-,20-,25+/m0/s1. The number of amides is 2. The first-order chi connectivity index (χ1) is 17.1. The maximum absolute atomic E-state index is 14.2. The number of ether oxygens (including phenoxy) is 1. The summed E-state index contributed by atoms with van der Waals surface area (Å²) in [5.41, 5.74) is 0.832. The third kappa shape index (κ3) is 6.41. The number of carbonyl (C=O) groups is 2. The second kappa shape index (κ2) is 12.0. The Kier molecular flexibility index (Phi) is 9.05. The highest BCUT2D eigenvalue weighted by Gasteiger charge is 2.35. The fourth-order valence-electron chi connectivity index (χ4n) is 3.94. The van der Waals surface area contributed by atoms with Crippen LogP contribution in [-0.2, 0) is 0 Å². The van der Waals surface area contributed by atoms with Gasteiger partial charge in [-0.2, -0.15) is 0 Å². The molecule has 1 aliphatic rings. The summed E-state index contributed by atoms with van der Waals surface area (Å²) in [7, 11) is 1.59. The number of pyridine rings is 1. The van der Waals surface area contributed by atoms with Gasteiger partial charge in [0.2, 0.25) is 5.88 Å². The van der Waals surface area contributed by atoms with Crippen molar-refractivity contribution in [3.63, 3.8) is 0 Å². The lowest BCUT2D eigenvalue weighted by Gasteiger charge is -2.37. The molecular weight excluding hydrogens is 461 g/mol. The third-order valence-electron chi connectivity index (χ3n) is 6.17. The second-order valence-electron chi connectivity index (χ2n) is 9.76. The van der Waals surface area contributed by atoms with Gasteiger partial charge in [-0.3, -0.25) is 9.59 Å². The summed E-state index contributed by atoms with van der Waals surface area (Å²) in [6.07, 6.45) is 1.75. The minimum Gasteiger partial charge on any atom is -0.472 e. The molecule has 0 saturated carbocycles. The Bertz CT molecular complexity index is 1160. The predicted octanol–water partition coefficient (Wildman–Crippen LogP) is 3.61. The Morgan fingerprint density at radius 2 is 2.06 bits per heavy atom. The van der Waals surface area contributed by atoms with Gasteiger partial charge in [0.15, 0.2) is 0 Å². The van der Waals surface area contributed by atoms with Gasteiger partial charge in [0.25, 0.3) is 11.8 Å². The Balaban J connectivity index is 1.94. The Morgan fingerprint density at radius 1 is 1.33 bits per heavy atom. The van der Waals surface area contributed by atoms with Crippen molar-refractivity contribution in [2.45, 2.75) is 46.3 Å². The lowest BCUT2D eigenvalue weighted by molar-refractivity contribution is 0.0312. The molecule has 3 atom stereocenters. The molecule has 1 aromatic heterocycles. The zero-order chi connectivity index (χ0) is 26.4. The predicted molar refractivity (Wildman–Crippen MR) is 135 cm³/mol. The summed E-state index contributed by atoms with van der Waals surface area (Å²) in [6.45, 7) is 8.09. The minimum absolute atomic E-state index is 0.0210. The molecule has 8 heteroatoms. The smallest absolute Gasteiger partial charge is 0.259 e. The molecule has 0 fully saturated rings. The van der Waals surface area contributed by atoms with Gasteiger partial charge >= 0.3 is 0 Å². The van der Waals surface area contributed by atoms with Crippen LogP contribution in [0.25, 0.3) is 0 Å². The number of carbonyl (C=O) groups excluding carboxylic acids is 2. The van der Waals surface area contributed by atoms with E-state index in [4.69, 9.17) is 4.74 Å². The number of halogens is 1. The van der Waals surface area contributed by atoms with Gasteiger partial charge in [0, 0.05) is 37.7 Å². The summed E-state index contributed by atoms with van der Waals surface area (Å²) in [4.78, 5) is 33.8. The Hall–Kier alpha value is -3.44. The van der Waals surface area contributed by atoms with Crippen molar-refractivity contribution < 1.29 is 23.8 Å². The van der Waals surface area contributed by atoms with Crippen molar-refractivity contribution in [2.24, 2.45) is 11.8 Å². The number of aliphatic hydroxyl groups excluding tert-OH is 1. The second-order valence-corrected chi connectivity index (χ2v) is 9.76. The van der Waals surface area contributed by atoms with Crippen LogP contribution >= 0.6 is 0 Å². The number of nitrogens with zero attached hydrogens (tertiary/aromatic N) is 3. The molecule has 192 valence electrons.